The molecule has 0 fully saturated rings. The molecule has 1 aromatic carbocycles. The van der Waals surface area contributed by atoms with Crippen LogP contribution in [0.1, 0.15) is 45.6 Å². The summed E-state index contributed by atoms with van der Waals surface area (Å²) in [7, 11) is 0. The second-order valence-electron chi connectivity index (χ2n) is 6.00. The number of nitriles is 1. The number of hydrogen-bond acceptors (Lipinski definition) is 5. The van der Waals surface area contributed by atoms with Crippen molar-refractivity contribution in [3.05, 3.63) is 45.8 Å². The van der Waals surface area contributed by atoms with Crippen LogP contribution in [0.25, 0.3) is 0 Å². The van der Waals surface area contributed by atoms with Gasteiger partial charge in [-0.3, -0.25) is 4.79 Å². The smallest absolute Gasteiger partial charge is 0.256 e. The van der Waals surface area contributed by atoms with Crippen LogP contribution in [0.4, 0.5) is 5.00 Å². The number of fused-ring (bicyclic) bond motifs is 1. The van der Waals surface area contributed by atoms with E-state index in [1.165, 1.54) is 16.2 Å². The highest BCUT2D eigenvalue weighted by Gasteiger charge is 2.22. The van der Waals surface area contributed by atoms with Crippen LogP contribution in [0.3, 0.4) is 0 Å². The summed E-state index contributed by atoms with van der Waals surface area (Å²) in [5.74, 6) is 0.423. The Bertz CT molecular complexity index is 814. The van der Waals surface area contributed by atoms with Gasteiger partial charge < -0.3 is 15.8 Å². The molecule has 3 N–H and O–H groups in total. The van der Waals surface area contributed by atoms with E-state index in [0.717, 1.165) is 37.7 Å². The van der Waals surface area contributed by atoms with Crippen LogP contribution < -0.4 is 15.8 Å². The van der Waals surface area contributed by atoms with Crippen molar-refractivity contribution in [2.75, 3.05) is 18.5 Å². The van der Waals surface area contributed by atoms with Crippen LogP contribution in [0.5, 0.6) is 5.75 Å². The van der Waals surface area contributed by atoms with Gasteiger partial charge in [0.05, 0.1) is 12.2 Å². The van der Waals surface area contributed by atoms with Crippen molar-refractivity contribution in [3.8, 4) is 11.8 Å². The molecule has 1 heterocycles. The molecular weight excluding hydrogens is 370 g/mol. The summed E-state index contributed by atoms with van der Waals surface area (Å²) in [5.41, 5.74) is 7.72. The van der Waals surface area contributed by atoms with Crippen LogP contribution in [0.2, 0.25) is 0 Å². The molecule has 0 radical (unpaired) electrons. The number of nitrogens with two attached hydrogens (primary N) is 1. The van der Waals surface area contributed by atoms with E-state index in [9.17, 15) is 10.1 Å². The molecule has 1 aliphatic rings. The van der Waals surface area contributed by atoms with E-state index >= 15 is 0 Å². The zero-order valence-electron chi connectivity index (χ0n) is 14.4. The summed E-state index contributed by atoms with van der Waals surface area (Å²) in [4.78, 5) is 13.8. The first-order valence-corrected chi connectivity index (χ1v) is 9.33. The molecule has 0 saturated heterocycles. The summed E-state index contributed by atoms with van der Waals surface area (Å²) in [6, 6.07) is 9.33. The number of benzene rings is 1. The first-order valence-electron chi connectivity index (χ1n) is 8.52. The van der Waals surface area contributed by atoms with Gasteiger partial charge in [-0.1, -0.05) is 6.07 Å². The molecule has 3 rings (SSSR count). The number of amides is 1. The van der Waals surface area contributed by atoms with E-state index in [2.05, 4.69) is 11.4 Å². The molecule has 0 saturated carbocycles. The number of nitrogens with zero attached hydrogens (tertiary/aromatic N) is 1. The minimum absolute atomic E-state index is 0. The third-order valence-corrected chi connectivity index (χ3v) is 5.43. The van der Waals surface area contributed by atoms with E-state index in [1.807, 2.05) is 6.07 Å². The van der Waals surface area contributed by atoms with Gasteiger partial charge in [0, 0.05) is 10.4 Å². The van der Waals surface area contributed by atoms with Crippen LogP contribution in [-0.4, -0.2) is 19.1 Å². The first-order chi connectivity index (χ1) is 12.2. The minimum Gasteiger partial charge on any atom is -0.494 e. The quantitative estimate of drug-likeness (QED) is 0.731. The van der Waals surface area contributed by atoms with Gasteiger partial charge in [0.25, 0.3) is 5.91 Å². The standard InChI is InChI=1S/C19H21N3O2S.ClH/c20-9-4-10-24-14-6-3-5-13(11-14)18(23)22-19-16(12-21)15-7-1-2-8-17(15)25-19;/h3,5-6,11H,1-2,4,7-10,20H2,(H,22,23);1H. The SMILES string of the molecule is Cl.N#Cc1c(NC(=O)c2cccc(OCCCN)c2)sc2c1CCCC2. The lowest BCUT2D eigenvalue weighted by Crippen LogP contribution is -2.12. The minimum atomic E-state index is -0.223. The molecule has 0 aliphatic heterocycles. The van der Waals surface area contributed by atoms with Crippen LogP contribution in [0.15, 0.2) is 24.3 Å². The van der Waals surface area contributed by atoms with Crippen molar-refractivity contribution in [2.45, 2.75) is 32.1 Å². The van der Waals surface area contributed by atoms with Gasteiger partial charge in [-0.2, -0.15) is 5.26 Å². The average Bonchev–Trinajstić information content (AvgIpc) is 2.99. The number of anilines is 1. The normalized spacial score (nSPS) is 12.5. The van der Waals surface area contributed by atoms with E-state index in [1.54, 1.807) is 18.2 Å². The molecule has 1 amide bonds. The summed E-state index contributed by atoms with van der Waals surface area (Å²) in [5, 5.41) is 13.1. The monoisotopic (exact) mass is 391 g/mol. The fraction of sp³-hybridized carbons (Fsp3) is 0.368. The maximum absolute atomic E-state index is 12.6. The Morgan fingerprint density at radius 2 is 2.15 bits per heavy atom. The Kier molecular flexibility index (Phi) is 7.46. The first kappa shape index (κ1) is 20.2. The molecule has 5 nitrogen and oxygen atoms in total. The third-order valence-electron chi connectivity index (χ3n) is 4.22. The number of carbonyl (C=O) groups excluding carboxylic acids is 1. The fourth-order valence-corrected chi connectivity index (χ4v) is 4.18. The van der Waals surface area contributed by atoms with E-state index in [-0.39, 0.29) is 18.3 Å². The molecule has 0 unspecified atom stereocenters. The number of ether oxygens (including phenoxy) is 1. The molecule has 1 aliphatic carbocycles. The van der Waals surface area contributed by atoms with Crippen molar-refractivity contribution in [1.82, 2.24) is 0 Å². The van der Waals surface area contributed by atoms with Gasteiger partial charge in [-0.15, -0.1) is 23.7 Å². The van der Waals surface area contributed by atoms with Crippen LogP contribution >= 0.6 is 23.7 Å². The molecular formula is C19H22ClN3O2S. The van der Waals surface area contributed by atoms with Gasteiger partial charge in [-0.05, 0) is 62.4 Å². The molecule has 0 bridgehead atoms. The Hall–Kier alpha value is -2.07. The predicted octanol–water partition coefficient (Wildman–Crippen LogP) is 3.90. The maximum atomic E-state index is 12.6. The predicted molar refractivity (Wildman–Crippen MR) is 106 cm³/mol. The highest BCUT2D eigenvalue weighted by atomic mass is 35.5. The number of thiophene rings is 1. The molecule has 2 aromatic rings. The second kappa shape index (κ2) is 9.58. The Morgan fingerprint density at radius 1 is 1.35 bits per heavy atom. The number of halogens is 1. The molecule has 26 heavy (non-hydrogen) atoms. The fourth-order valence-electron chi connectivity index (χ4n) is 2.95. The topological polar surface area (TPSA) is 88.1 Å². The molecule has 0 atom stereocenters. The number of aryl methyl sites for hydroxylation is 1. The van der Waals surface area contributed by atoms with Crippen molar-refractivity contribution >= 4 is 34.7 Å². The summed E-state index contributed by atoms with van der Waals surface area (Å²) >= 11 is 1.53. The lowest BCUT2D eigenvalue weighted by molar-refractivity contribution is 0.102. The lowest BCUT2D eigenvalue weighted by atomic mass is 9.96. The van der Waals surface area contributed by atoms with Crippen molar-refractivity contribution in [2.24, 2.45) is 5.73 Å². The van der Waals surface area contributed by atoms with Crippen molar-refractivity contribution in [1.29, 1.82) is 5.26 Å². The van der Waals surface area contributed by atoms with Crippen molar-refractivity contribution in [3.63, 3.8) is 0 Å². The number of carbonyl (C=O) groups is 1. The Balaban J connectivity index is 0.00000243. The van der Waals surface area contributed by atoms with Crippen LogP contribution in [0, 0.1) is 11.3 Å². The number of nitrogens with one attached hydrogen (secondary N) is 1. The molecule has 138 valence electrons. The zero-order chi connectivity index (χ0) is 17.6. The Morgan fingerprint density at radius 3 is 2.92 bits per heavy atom. The van der Waals surface area contributed by atoms with E-state index < -0.39 is 0 Å². The third kappa shape index (κ3) is 4.55. The lowest BCUT2D eigenvalue weighted by Gasteiger charge is -2.09. The van der Waals surface area contributed by atoms with Gasteiger partial charge in [0.2, 0.25) is 0 Å². The largest absolute Gasteiger partial charge is 0.494 e. The van der Waals surface area contributed by atoms with Crippen molar-refractivity contribution < 1.29 is 9.53 Å². The summed E-state index contributed by atoms with van der Waals surface area (Å²) in [6.45, 7) is 1.10. The summed E-state index contributed by atoms with van der Waals surface area (Å²) < 4.78 is 5.59. The number of hydrogen-bond donors (Lipinski definition) is 2. The number of rotatable bonds is 6. The summed E-state index contributed by atoms with van der Waals surface area (Å²) in [6.07, 6.45) is 4.94. The van der Waals surface area contributed by atoms with E-state index in [4.69, 9.17) is 10.5 Å². The average molecular weight is 392 g/mol. The second-order valence-corrected chi connectivity index (χ2v) is 7.10. The molecule has 1 aromatic heterocycles. The highest BCUT2D eigenvalue weighted by Crippen LogP contribution is 2.37. The highest BCUT2D eigenvalue weighted by molar-refractivity contribution is 7.16. The van der Waals surface area contributed by atoms with Gasteiger partial charge >= 0.3 is 0 Å². The molecule has 7 heteroatoms. The molecule has 0 spiro atoms. The van der Waals surface area contributed by atoms with Gasteiger partial charge in [-0.25, -0.2) is 0 Å². The Labute approximate surface area is 163 Å². The zero-order valence-corrected chi connectivity index (χ0v) is 16.0. The van der Waals surface area contributed by atoms with Gasteiger partial charge in [0.15, 0.2) is 0 Å². The maximum Gasteiger partial charge on any atom is 0.256 e. The van der Waals surface area contributed by atoms with Crippen LogP contribution in [-0.2, 0) is 12.8 Å². The van der Waals surface area contributed by atoms with E-state index in [0.29, 0.717) is 35.0 Å². The van der Waals surface area contributed by atoms with Gasteiger partial charge in [0.1, 0.15) is 16.8 Å².